The van der Waals surface area contributed by atoms with E-state index in [0.717, 1.165) is 54.3 Å². The van der Waals surface area contributed by atoms with Crippen LogP contribution < -0.4 is 9.47 Å². The first-order valence-corrected chi connectivity index (χ1v) is 17.0. The lowest BCUT2D eigenvalue weighted by Gasteiger charge is -2.45. The van der Waals surface area contributed by atoms with Crippen molar-refractivity contribution < 1.29 is 18.3 Å². The zero-order valence-electron chi connectivity index (χ0n) is 25.2. The molecule has 4 aliphatic rings. The van der Waals surface area contributed by atoms with Gasteiger partial charge in [-0.3, -0.25) is 0 Å². The Hall–Kier alpha value is -1.58. The lowest BCUT2D eigenvalue weighted by molar-refractivity contribution is 0.0626. The molecule has 4 aliphatic carbocycles. The third-order valence-electron chi connectivity index (χ3n) is 11.3. The Balaban J connectivity index is 1.01. The molecule has 4 unspecified atom stereocenters. The summed E-state index contributed by atoms with van der Waals surface area (Å²) in [6.07, 6.45) is 27.2. The molecule has 2 nitrogen and oxygen atoms in total. The number of fused-ring (bicyclic) bond motifs is 1. The summed E-state index contributed by atoms with van der Waals surface area (Å²) in [4.78, 5) is 0. The first kappa shape index (κ1) is 29.9. The molecule has 0 saturated heterocycles. The summed E-state index contributed by atoms with van der Waals surface area (Å²) in [6, 6.07) is 2.96. The van der Waals surface area contributed by atoms with E-state index < -0.39 is 11.6 Å². The molecule has 224 valence electrons. The molecule has 0 spiro atoms. The minimum atomic E-state index is -0.951. The average molecular weight is 557 g/mol. The summed E-state index contributed by atoms with van der Waals surface area (Å²) in [5.41, 5.74) is 0. The van der Waals surface area contributed by atoms with Crippen molar-refractivity contribution in [2.24, 2.45) is 47.3 Å². The topological polar surface area (TPSA) is 18.5 Å². The van der Waals surface area contributed by atoms with Crippen LogP contribution in [0.15, 0.2) is 24.3 Å². The molecule has 0 amide bonds. The van der Waals surface area contributed by atoms with E-state index >= 15 is 0 Å². The van der Waals surface area contributed by atoms with Gasteiger partial charge in [0.1, 0.15) is 0 Å². The number of hydrogen-bond donors (Lipinski definition) is 0. The van der Waals surface area contributed by atoms with Crippen LogP contribution in [0.2, 0.25) is 0 Å². The highest BCUT2D eigenvalue weighted by Gasteiger charge is 2.38. The van der Waals surface area contributed by atoms with Crippen molar-refractivity contribution in [3.8, 4) is 11.5 Å². The molecule has 0 N–H and O–H groups in total. The molecule has 4 fully saturated rings. The van der Waals surface area contributed by atoms with E-state index in [2.05, 4.69) is 19.1 Å². The third kappa shape index (κ3) is 7.62. The second-order valence-electron chi connectivity index (χ2n) is 13.8. The second kappa shape index (κ2) is 14.5. The lowest BCUT2D eigenvalue weighted by atomic mass is 9.61. The van der Waals surface area contributed by atoms with E-state index in [4.69, 9.17) is 9.47 Å². The van der Waals surface area contributed by atoms with Crippen LogP contribution in [0.25, 0.3) is 0 Å². The monoisotopic (exact) mass is 556 g/mol. The first-order valence-electron chi connectivity index (χ1n) is 17.0. The lowest BCUT2D eigenvalue weighted by Crippen LogP contribution is -2.34. The molecule has 0 bridgehead atoms. The average Bonchev–Trinajstić information content (AvgIpc) is 2.99. The number of ether oxygens (including phenoxy) is 2. The summed E-state index contributed by atoms with van der Waals surface area (Å²) >= 11 is 0. The molecule has 1 aromatic rings. The van der Waals surface area contributed by atoms with Crippen molar-refractivity contribution in [1.29, 1.82) is 0 Å². The highest BCUT2D eigenvalue weighted by atomic mass is 19.2. The SMILES string of the molecule is CCCC1CCC(C=CC2CCC3CC(C4CCC(COc5ccc(OCC)c(F)c5F)CC4)CCC3C2)CC1. The Bertz CT molecular complexity index is 944. The molecule has 0 heterocycles. The van der Waals surface area contributed by atoms with Crippen LogP contribution in [0.5, 0.6) is 11.5 Å². The van der Waals surface area contributed by atoms with E-state index in [0.29, 0.717) is 19.1 Å². The molecule has 0 aromatic heterocycles. The van der Waals surface area contributed by atoms with Gasteiger partial charge in [0.25, 0.3) is 0 Å². The summed E-state index contributed by atoms with van der Waals surface area (Å²) in [5, 5.41) is 0. The molecule has 0 aliphatic heterocycles. The van der Waals surface area contributed by atoms with Crippen molar-refractivity contribution in [3.05, 3.63) is 35.9 Å². The molecule has 4 atom stereocenters. The van der Waals surface area contributed by atoms with Gasteiger partial charge in [-0.05, 0) is 156 Å². The van der Waals surface area contributed by atoms with Gasteiger partial charge in [0.15, 0.2) is 11.5 Å². The number of allylic oxidation sites excluding steroid dienone is 2. The minimum absolute atomic E-state index is 0.00574. The van der Waals surface area contributed by atoms with Crippen LogP contribution in [0.3, 0.4) is 0 Å². The third-order valence-corrected chi connectivity index (χ3v) is 11.3. The van der Waals surface area contributed by atoms with Crippen molar-refractivity contribution in [1.82, 2.24) is 0 Å². The largest absolute Gasteiger partial charge is 0.491 e. The molecule has 4 saturated carbocycles. The Morgan fingerprint density at radius 2 is 1.15 bits per heavy atom. The van der Waals surface area contributed by atoms with Crippen LogP contribution in [-0.4, -0.2) is 13.2 Å². The van der Waals surface area contributed by atoms with E-state index in [1.165, 1.54) is 102 Å². The van der Waals surface area contributed by atoms with Crippen LogP contribution in [0.4, 0.5) is 8.78 Å². The molecule has 40 heavy (non-hydrogen) atoms. The van der Waals surface area contributed by atoms with Crippen molar-refractivity contribution in [2.75, 3.05) is 13.2 Å². The van der Waals surface area contributed by atoms with Gasteiger partial charge in [0.05, 0.1) is 13.2 Å². The zero-order chi connectivity index (χ0) is 27.9. The predicted octanol–water partition coefficient (Wildman–Crippen LogP) is 10.5. The van der Waals surface area contributed by atoms with Gasteiger partial charge in [0.2, 0.25) is 11.6 Å². The van der Waals surface area contributed by atoms with Gasteiger partial charge in [-0.1, -0.05) is 31.9 Å². The predicted molar refractivity (Wildman–Crippen MR) is 160 cm³/mol. The highest BCUT2D eigenvalue weighted by molar-refractivity contribution is 5.35. The fourth-order valence-electron chi connectivity index (χ4n) is 8.88. The van der Waals surface area contributed by atoms with Crippen molar-refractivity contribution >= 4 is 0 Å². The molecule has 1 aromatic carbocycles. The molecular formula is C36H54F2O2. The van der Waals surface area contributed by atoms with Gasteiger partial charge < -0.3 is 9.47 Å². The molecule has 0 radical (unpaired) electrons. The summed E-state index contributed by atoms with van der Waals surface area (Å²) in [6.45, 7) is 4.87. The maximum Gasteiger partial charge on any atom is 0.204 e. The van der Waals surface area contributed by atoms with E-state index in [1.807, 2.05) is 0 Å². The Morgan fingerprint density at radius 1 is 0.625 bits per heavy atom. The van der Waals surface area contributed by atoms with E-state index in [-0.39, 0.29) is 11.5 Å². The number of benzene rings is 1. The van der Waals surface area contributed by atoms with Gasteiger partial charge in [0, 0.05) is 0 Å². The van der Waals surface area contributed by atoms with Gasteiger partial charge in [-0.15, -0.1) is 0 Å². The normalized spacial score (nSPS) is 34.9. The van der Waals surface area contributed by atoms with Crippen molar-refractivity contribution in [3.63, 3.8) is 0 Å². The number of hydrogen-bond acceptors (Lipinski definition) is 2. The van der Waals surface area contributed by atoms with Crippen LogP contribution >= 0.6 is 0 Å². The molecular weight excluding hydrogens is 502 g/mol. The Morgan fingerprint density at radius 3 is 1.82 bits per heavy atom. The number of halogens is 2. The Kier molecular flexibility index (Phi) is 10.9. The second-order valence-corrected chi connectivity index (χ2v) is 13.8. The quantitative estimate of drug-likeness (QED) is 0.267. The van der Waals surface area contributed by atoms with Crippen LogP contribution in [-0.2, 0) is 0 Å². The smallest absolute Gasteiger partial charge is 0.204 e. The summed E-state index contributed by atoms with van der Waals surface area (Å²) in [5.74, 6) is 4.83. The van der Waals surface area contributed by atoms with Gasteiger partial charge in [-0.25, -0.2) is 0 Å². The van der Waals surface area contributed by atoms with Gasteiger partial charge in [-0.2, -0.15) is 8.78 Å². The number of rotatable bonds is 10. The van der Waals surface area contributed by atoms with Gasteiger partial charge >= 0.3 is 0 Å². The highest BCUT2D eigenvalue weighted by Crippen LogP contribution is 2.49. The fourth-order valence-corrected chi connectivity index (χ4v) is 8.88. The maximum atomic E-state index is 14.4. The Labute approximate surface area is 242 Å². The first-order chi connectivity index (χ1) is 19.5. The fraction of sp³-hybridized carbons (Fsp3) is 0.778. The molecule has 5 rings (SSSR count). The van der Waals surface area contributed by atoms with E-state index in [9.17, 15) is 8.78 Å². The zero-order valence-corrected chi connectivity index (χ0v) is 25.2. The molecule has 4 heteroatoms. The van der Waals surface area contributed by atoms with Crippen LogP contribution in [0.1, 0.15) is 117 Å². The standard InChI is InChI=1S/C36H54F2O2/c1-3-5-25-6-8-26(9-7-25)10-11-27-12-17-32-23-31(19-18-30(32)22-27)29-15-13-28(14-16-29)24-40-34-21-20-33(39-4-2)35(37)36(34)38/h10-11,20-21,25-32H,3-9,12-19,22-24H2,1-2H3. The minimum Gasteiger partial charge on any atom is -0.491 e. The summed E-state index contributed by atoms with van der Waals surface area (Å²) in [7, 11) is 0. The summed E-state index contributed by atoms with van der Waals surface area (Å²) < 4.78 is 39.5. The van der Waals surface area contributed by atoms with E-state index in [1.54, 1.807) is 6.92 Å². The van der Waals surface area contributed by atoms with Crippen LogP contribution in [0, 0.1) is 59.0 Å². The maximum absolute atomic E-state index is 14.4. The van der Waals surface area contributed by atoms with Crippen molar-refractivity contribution in [2.45, 2.75) is 117 Å².